The lowest BCUT2D eigenvalue weighted by molar-refractivity contribution is -0.384. The first-order valence-electron chi connectivity index (χ1n) is 8.91. The molecule has 2 aromatic carbocycles. The maximum atomic E-state index is 12.2. The highest BCUT2D eigenvalue weighted by molar-refractivity contribution is 5.83. The molecule has 0 aliphatic heterocycles. The monoisotopic (exact) mass is 401 g/mol. The number of urea groups is 1. The maximum absolute atomic E-state index is 12.2. The maximum Gasteiger partial charge on any atom is 0.315 e. The van der Waals surface area contributed by atoms with Gasteiger partial charge in [0, 0.05) is 30.9 Å². The Morgan fingerprint density at radius 1 is 1.07 bits per heavy atom. The zero-order chi connectivity index (χ0) is 21.2. The number of benzene rings is 2. The predicted octanol–water partition coefficient (Wildman–Crippen LogP) is 1.96. The predicted molar refractivity (Wildman–Crippen MR) is 106 cm³/mol. The second-order valence-corrected chi connectivity index (χ2v) is 6.06. The summed E-state index contributed by atoms with van der Waals surface area (Å²) in [5.74, 6) is -0.419. The van der Waals surface area contributed by atoms with Crippen LogP contribution in [-0.4, -0.2) is 35.0 Å². The van der Waals surface area contributed by atoms with E-state index in [1.165, 1.54) is 12.1 Å². The fourth-order valence-electron chi connectivity index (χ4n) is 2.33. The van der Waals surface area contributed by atoms with Crippen LogP contribution in [0.1, 0.15) is 18.1 Å². The van der Waals surface area contributed by atoms with Crippen molar-refractivity contribution < 1.29 is 19.3 Å². The smallest absolute Gasteiger partial charge is 0.315 e. The zero-order valence-electron chi connectivity index (χ0n) is 16.0. The lowest BCUT2D eigenvalue weighted by Gasteiger charge is -2.20. The Labute approximate surface area is 167 Å². The third-order valence-corrected chi connectivity index (χ3v) is 3.93. The highest BCUT2D eigenvalue weighted by Gasteiger charge is 2.14. The van der Waals surface area contributed by atoms with Crippen molar-refractivity contribution in [3.63, 3.8) is 0 Å². The number of nitrogen functional groups attached to an aromatic ring is 1. The van der Waals surface area contributed by atoms with E-state index in [0.717, 1.165) is 10.6 Å². The van der Waals surface area contributed by atoms with E-state index in [9.17, 15) is 19.7 Å². The summed E-state index contributed by atoms with van der Waals surface area (Å²) in [5.41, 5.74) is 7.77. The van der Waals surface area contributed by atoms with E-state index in [4.69, 9.17) is 10.6 Å². The molecule has 2 rings (SSSR count). The van der Waals surface area contributed by atoms with E-state index in [1.807, 2.05) is 0 Å². The largest absolute Gasteiger partial charge is 0.399 e. The number of nitro benzene ring substituents is 1. The second kappa shape index (κ2) is 10.6. The van der Waals surface area contributed by atoms with Crippen molar-refractivity contribution >= 4 is 23.3 Å². The van der Waals surface area contributed by atoms with Gasteiger partial charge >= 0.3 is 6.03 Å². The molecular formula is C19H23N5O5. The average Bonchev–Trinajstić information content (AvgIpc) is 2.72. The molecule has 0 heterocycles. The molecule has 29 heavy (non-hydrogen) atoms. The lowest BCUT2D eigenvalue weighted by atomic mass is 10.2. The topological polar surface area (TPSA) is 140 Å². The van der Waals surface area contributed by atoms with Crippen LogP contribution < -0.4 is 16.4 Å². The van der Waals surface area contributed by atoms with Crippen LogP contribution in [0.25, 0.3) is 0 Å². The van der Waals surface area contributed by atoms with Crippen LogP contribution >= 0.6 is 0 Å². The van der Waals surface area contributed by atoms with Crippen LogP contribution in [0.5, 0.6) is 0 Å². The number of amides is 3. The van der Waals surface area contributed by atoms with Gasteiger partial charge in [0.25, 0.3) is 11.6 Å². The normalized spacial score (nSPS) is 10.2. The van der Waals surface area contributed by atoms with E-state index in [2.05, 4.69) is 10.6 Å². The molecular weight excluding hydrogens is 378 g/mol. The summed E-state index contributed by atoms with van der Waals surface area (Å²) in [6.45, 7) is 2.15. The lowest BCUT2D eigenvalue weighted by Crippen LogP contribution is -2.43. The van der Waals surface area contributed by atoms with Gasteiger partial charge in [-0.05, 0) is 42.3 Å². The van der Waals surface area contributed by atoms with E-state index in [-0.39, 0.29) is 25.4 Å². The molecule has 0 unspecified atom stereocenters. The SMILES string of the molecule is CCN(OCc1ccc([N+](=O)[O-])cc1)C(=O)CNC(=O)NCc1ccc(N)cc1. The van der Waals surface area contributed by atoms with Crippen molar-refractivity contribution in [2.24, 2.45) is 0 Å². The van der Waals surface area contributed by atoms with Crippen molar-refractivity contribution in [3.05, 3.63) is 69.8 Å². The molecule has 0 saturated carbocycles. The zero-order valence-corrected chi connectivity index (χ0v) is 16.0. The number of nitrogens with zero attached hydrogens (tertiary/aromatic N) is 2. The number of hydrogen-bond acceptors (Lipinski definition) is 6. The summed E-state index contributed by atoms with van der Waals surface area (Å²) in [6.07, 6.45) is 0. The number of nitro groups is 1. The summed E-state index contributed by atoms with van der Waals surface area (Å²) in [4.78, 5) is 39.7. The molecule has 0 radical (unpaired) electrons. The molecule has 10 nitrogen and oxygen atoms in total. The molecule has 0 aliphatic carbocycles. The van der Waals surface area contributed by atoms with E-state index in [0.29, 0.717) is 17.8 Å². The van der Waals surface area contributed by atoms with Crippen LogP contribution in [0.15, 0.2) is 48.5 Å². The summed E-state index contributed by atoms with van der Waals surface area (Å²) >= 11 is 0. The van der Waals surface area contributed by atoms with E-state index < -0.39 is 16.9 Å². The molecule has 0 fully saturated rings. The van der Waals surface area contributed by atoms with Gasteiger partial charge in [-0.2, -0.15) is 0 Å². The minimum atomic E-state index is -0.490. The molecule has 0 aromatic heterocycles. The van der Waals surface area contributed by atoms with Gasteiger partial charge in [0.1, 0.15) is 13.2 Å². The number of nitrogens with two attached hydrogens (primary N) is 1. The molecule has 0 atom stereocenters. The quantitative estimate of drug-likeness (QED) is 0.333. The number of hydroxylamine groups is 2. The Morgan fingerprint density at radius 3 is 2.28 bits per heavy atom. The van der Waals surface area contributed by atoms with Crippen LogP contribution in [0.2, 0.25) is 0 Å². The van der Waals surface area contributed by atoms with Gasteiger partial charge in [0.2, 0.25) is 0 Å². The second-order valence-electron chi connectivity index (χ2n) is 6.06. The van der Waals surface area contributed by atoms with Crippen LogP contribution in [-0.2, 0) is 22.8 Å². The highest BCUT2D eigenvalue weighted by Crippen LogP contribution is 2.13. The summed E-state index contributed by atoms with van der Waals surface area (Å²) < 4.78 is 0. The Kier molecular flexibility index (Phi) is 7.92. The van der Waals surface area contributed by atoms with E-state index in [1.54, 1.807) is 43.3 Å². The fourth-order valence-corrected chi connectivity index (χ4v) is 2.33. The minimum absolute atomic E-state index is 0.0219. The third-order valence-electron chi connectivity index (χ3n) is 3.93. The number of carbonyl (C=O) groups excluding carboxylic acids is 2. The number of rotatable bonds is 9. The number of anilines is 1. The molecule has 4 N–H and O–H groups in total. The van der Waals surface area contributed by atoms with Gasteiger partial charge in [-0.15, -0.1) is 0 Å². The van der Waals surface area contributed by atoms with Gasteiger partial charge < -0.3 is 16.4 Å². The molecule has 0 bridgehead atoms. The summed E-state index contributed by atoms with van der Waals surface area (Å²) in [6, 6.07) is 12.4. The van der Waals surface area contributed by atoms with Crippen LogP contribution in [0.3, 0.4) is 0 Å². The number of nitrogens with one attached hydrogen (secondary N) is 2. The molecule has 0 aliphatic rings. The van der Waals surface area contributed by atoms with Crippen molar-refractivity contribution in [1.29, 1.82) is 0 Å². The minimum Gasteiger partial charge on any atom is -0.399 e. The number of likely N-dealkylation sites (N-methyl/N-ethyl adjacent to an activating group) is 1. The first kappa shape index (κ1) is 21.6. The fraction of sp³-hybridized carbons (Fsp3) is 0.263. The Morgan fingerprint density at radius 2 is 1.69 bits per heavy atom. The van der Waals surface area contributed by atoms with Crippen molar-refractivity contribution in [2.45, 2.75) is 20.1 Å². The molecule has 154 valence electrons. The molecule has 0 spiro atoms. The highest BCUT2D eigenvalue weighted by atomic mass is 16.7. The summed E-state index contributed by atoms with van der Waals surface area (Å²) in [5, 5.41) is 16.9. The Balaban J connectivity index is 1.74. The average molecular weight is 401 g/mol. The molecule has 10 heteroatoms. The number of hydrogen-bond donors (Lipinski definition) is 3. The Hall–Kier alpha value is -3.66. The van der Waals surface area contributed by atoms with Crippen LogP contribution in [0, 0.1) is 10.1 Å². The van der Waals surface area contributed by atoms with Gasteiger partial charge in [-0.3, -0.25) is 19.7 Å². The summed E-state index contributed by atoms with van der Waals surface area (Å²) in [7, 11) is 0. The van der Waals surface area contributed by atoms with Crippen molar-refractivity contribution in [1.82, 2.24) is 15.7 Å². The van der Waals surface area contributed by atoms with Crippen molar-refractivity contribution in [2.75, 3.05) is 18.8 Å². The van der Waals surface area contributed by atoms with Gasteiger partial charge in [-0.1, -0.05) is 12.1 Å². The van der Waals surface area contributed by atoms with Gasteiger partial charge in [0.15, 0.2) is 0 Å². The van der Waals surface area contributed by atoms with E-state index >= 15 is 0 Å². The molecule has 2 aromatic rings. The molecule has 0 saturated heterocycles. The first-order valence-corrected chi connectivity index (χ1v) is 8.91. The number of non-ortho nitro benzene ring substituents is 1. The Bertz CT molecular complexity index is 839. The van der Waals surface area contributed by atoms with Crippen molar-refractivity contribution in [3.8, 4) is 0 Å². The molecule has 3 amide bonds. The third kappa shape index (κ3) is 7.11. The van der Waals surface area contributed by atoms with Gasteiger partial charge in [0.05, 0.1) is 4.92 Å². The van der Waals surface area contributed by atoms with Crippen LogP contribution in [0.4, 0.5) is 16.2 Å². The standard InChI is InChI=1S/C19H23N5O5/c1-2-23(29-13-15-5-9-17(10-6-15)24(27)28)18(25)12-22-19(26)21-11-14-3-7-16(20)8-4-14/h3-10H,2,11-13,20H2,1H3,(H2,21,22,26). The van der Waals surface area contributed by atoms with Gasteiger partial charge in [-0.25, -0.2) is 9.86 Å². The number of carbonyl (C=O) groups is 2. The first-order chi connectivity index (χ1) is 13.9.